The Balaban J connectivity index is 2.90. The van der Waals surface area contributed by atoms with E-state index in [4.69, 9.17) is 9.84 Å². The van der Waals surface area contributed by atoms with Crippen LogP contribution in [-0.2, 0) is 4.79 Å². The Kier molecular flexibility index (Phi) is 4.34. The summed E-state index contributed by atoms with van der Waals surface area (Å²) in [5.74, 6) is 4.90. The molecule has 1 aromatic heterocycles. The number of methoxy groups -OCH3 is 1. The third-order valence-corrected chi connectivity index (χ3v) is 2.07. The molecule has 0 bridgehead atoms. The summed E-state index contributed by atoms with van der Waals surface area (Å²) in [7, 11) is 1.53. The van der Waals surface area contributed by atoms with Crippen molar-refractivity contribution in [3.05, 3.63) is 23.9 Å². The Morgan fingerprint density at radius 1 is 1.62 bits per heavy atom. The second-order valence-electron chi connectivity index (χ2n) is 3.18. The van der Waals surface area contributed by atoms with E-state index in [1.807, 2.05) is 0 Å². The van der Waals surface area contributed by atoms with Crippen LogP contribution in [0.2, 0.25) is 0 Å². The molecule has 1 unspecified atom stereocenters. The van der Waals surface area contributed by atoms with Crippen LogP contribution in [0.1, 0.15) is 24.8 Å². The molecule has 1 heterocycles. The third-order valence-electron chi connectivity index (χ3n) is 2.07. The van der Waals surface area contributed by atoms with Crippen LogP contribution in [0.5, 0.6) is 5.88 Å². The standard InChI is InChI=1S/C12H13NO3/c1-3-4-9(7-12(14)15)10-5-6-11(16-2)13-8-10/h5-6,8-9H,7H2,1-2H3,(H,14,15). The second-order valence-corrected chi connectivity index (χ2v) is 3.18. The van der Waals surface area contributed by atoms with Crippen LogP contribution >= 0.6 is 0 Å². The summed E-state index contributed by atoms with van der Waals surface area (Å²) in [6.45, 7) is 1.69. The molecule has 0 fully saturated rings. The Morgan fingerprint density at radius 3 is 2.81 bits per heavy atom. The molecule has 0 aliphatic rings. The lowest BCUT2D eigenvalue weighted by atomic mass is 9.98. The minimum Gasteiger partial charge on any atom is -0.481 e. The highest BCUT2D eigenvalue weighted by molar-refractivity contribution is 5.68. The lowest BCUT2D eigenvalue weighted by Gasteiger charge is -2.08. The maximum Gasteiger partial charge on any atom is 0.304 e. The zero-order chi connectivity index (χ0) is 12.0. The number of nitrogens with zero attached hydrogens (tertiary/aromatic N) is 1. The van der Waals surface area contributed by atoms with E-state index in [-0.39, 0.29) is 12.3 Å². The first kappa shape index (κ1) is 12.1. The number of carboxylic acids is 1. The van der Waals surface area contributed by atoms with Gasteiger partial charge in [0.15, 0.2) is 0 Å². The summed E-state index contributed by atoms with van der Waals surface area (Å²) in [4.78, 5) is 14.7. The van der Waals surface area contributed by atoms with Crippen molar-refractivity contribution >= 4 is 5.97 Å². The maximum absolute atomic E-state index is 10.7. The zero-order valence-corrected chi connectivity index (χ0v) is 9.23. The van der Waals surface area contributed by atoms with Gasteiger partial charge in [0.2, 0.25) is 5.88 Å². The minimum atomic E-state index is -0.872. The third kappa shape index (κ3) is 3.28. The van der Waals surface area contributed by atoms with Crippen LogP contribution in [0.25, 0.3) is 0 Å². The number of carbonyl (C=O) groups is 1. The molecule has 1 rings (SSSR count). The molecule has 16 heavy (non-hydrogen) atoms. The molecule has 84 valence electrons. The summed E-state index contributed by atoms with van der Waals surface area (Å²) >= 11 is 0. The fourth-order valence-corrected chi connectivity index (χ4v) is 1.32. The number of hydrogen-bond donors (Lipinski definition) is 1. The molecule has 1 atom stereocenters. The fourth-order valence-electron chi connectivity index (χ4n) is 1.32. The lowest BCUT2D eigenvalue weighted by Crippen LogP contribution is -2.05. The highest BCUT2D eigenvalue weighted by Crippen LogP contribution is 2.19. The highest BCUT2D eigenvalue weighted by atomic mass is 16.5. The van der Waals surface area contributed by atoms with Crippen molar-refractivity contribution < 1.29 is 14.6 Å². The Labute approximate surface area is 94.3 Å². The van der Waals surface area contributed by atoms with Crippen molar-refractivity contribution in [2.75, 3.05) is 7.11 Å². The van der Waals surface area contributed by atoms with E-state index in [1.54, 1.807) is 25.3 Å². The van der Waals surface area contributed by atoms with Gasteiger partial charge in [0.25, 0.3) is 0 Å². The number of pyridine rings is 1. The second kappa shape index (κ2) is 5.76. The van der Waals surface area contributed by atoms with E-state index in [9.17, 15) is 4.79 Å². The topological polar surface area (TPSA) is 59.4 Å². The van der Waals surface area contributed by atoms with Gasteiger partial charge in [-0.05, 0) is 12.5 Å². The quantitative estimate of drug-likeness (QED) is 0.782. The maximum atomic E-state index is 10.7. The predicted octanol–water partition coefficient (Wildman–Crippen LogP) is 1.67. The number of aliphatic carboxylic acids is 1. The summed E-state index contributed by atoms with van der Waals surface area (Å²) in [5, 5.41) is 8.76. The molecule has 1 aromatic rings. The molecule has 0 aromatic carbocycles. The van der Waals surface area contributed by atoms with Crippen molar-refractivity contribution in [1.29, 1.82) is 0 Å². The van der Waals surface area contributed by atoms with Gasteiger partial charge in [-0.3, -0.25) is 4.79 Å². The van der Waals surface area contributed by atoms with E-state index in [1.165, 1.54) is 7.11 Å². The first-order valence-electron chi connectivity index (χ1n) is 4.81. The number of hydrogen-bond acceptors (Lipinski definition) is 3. The Bertz CT molecular complexity index is 414. The molecule has 0 saturated heterocycles. The largest absolute Gasteiger partial charge is 0.481 e. The highest BCUT2D eigenvalue weighted by Gasteiger charge is 2.13. The van der Waals surface area contributed by atoms with Crippen LogP contribution in [0.3, 0.4) is 0 Å². The molecular formula is C12H13NO3. The number of carboxylic acid groups (broad SMARTS) is 1. The van der Waals surface area contributed by atoms with Crippen LogP contribution < -0.4 is 4.74 Å². The Morgan fingerprint density at radius 2 is 2.38 bits per heavy atom. The summed E-state index contributed by atoms with van der Waals surface area (Å²) in [6.07, 6.45) is 1.58. The first-order chi connectivity index (χ1) is 7.67. The molecular weight excluding hydrogens is 206 g/mol. The van der Waals surface area contributed by atoms with Gasteiger partial charge < -0.3 is 9.84 Å². The van der Waals surface area contributed by atoms with E-state index in [0.29, 0.717) is 5.88 Å². The van der Waals surface area contributed by atoms with Crippen LogP contribution in [-0.4, -0.2) is 23.2 Å². The van der Waals surface area contributed by atoms with Crippen LogP contribution in [0.4, 0.5) is 0 Å². The van der Waals surface area contributed by atoms with Gasteiger partial charge in [-0.1, -0.05) is 12.0 Å². The molecule has 4 nitrogen and oxygen atoms in total. The average Bonchev–Trinajstić information content (AvgIpc) is 2.28. The van der Waals surface area contributed by atoms with Crippen molar-refractivity contribution in [2.45, 2.75) is 19.3 Å². The number of rotatable bonds is 4. The van der Waals surface area contributed by atoms with E-state index >= 15 is 0 Å². The van der Waals surface area contributed by atoms with Gasteiger partial charge in [-0.15, -0.1) is 5.92 Å². The van der Waals surface area contributed by atoms with E-state index in [2.05, 4.69) is 16.8 Å². The monoisotopic (exact) mass is 219 g/mol. The molecule has 0 aliphatic heterocycles. The molecule has 4 heteroatoms. The lowest BCUT2D eigenvalue weighted by molar-refractivity contribution is -0.137. The van der Waals surface area contributed by atoms with Gasteiger partial charge in [0.1, 0.15) is 0 Å². The summed E-state index contributed by atoms with van der Waals surface area (Å²) in [5.41, 5.74) is 0.789. The van der Waals surface area contributed by atoms with Crippen LogP contribution in [0.15, 0.2) is 18.3 Å². The Hall–Kier alpha value is -2.02. The van der Waals surface area contributed by atoms with E-state index < -0.39 is 5.97 Å². The normalized spacial score (nSPS) is 11.1. The summed E-state index contributed by atoms with van der Waals surface area (Å²) in [6, 6.07) is 3.48. The molecule has 0 aliphatic carbocycles. The van der Waals surface area contributed by atoms with E-state index in [0.717, 1.165) is 5.56 Å². The first-order valence-corrected chi connectivity index (χ1v) is 4.81. The van der Waals surface area contributed by atoms with Crippen LogP contribution in [0, 0.1) is 11.8 Å². The van der Waals surface area contributed by atoms with Crippen molar-refractivity contribution in [3.8, 4) is 17.7 Å². The minimum absolute atomic E-state index is 0.0190. The van der Waals surface area contributed by atoms with Gasteiger partial charge >= 0.3 is 5.97 Å². The van der Waals surface area contributed by atoms with Crippen molar-refractivity contribution in [3.63, 3.8) is 0 Å². The fraction of sp³-hybridized carbons (Fsp3) is 0.333. The smallest absolute Gasteiger partial charge is 0.304 e. The van der Waals surface area contributed by atoms with Gasteiger partial charge in [-0.25, -0.2) is 4.98 Å². The number of ether oxygens (including phenoxy) is 1. The molecule has 0 radical (unpaired) electrons. The molecule has 0 amide bonds. The summed E-state index contributed by atoms with van der Waals surface area (Å²) < 4.78 is 4.93. The average molecular weight is 219 g/mol. The van der Waals surface area contributed by atoms with Gasteiger partial charge in [0.05, 0.1) is 19.4 Å². The molecule has 1 N–H and O–H groups in total. The van der Waals surface area contributed by atoms with Crippen molar-refractivity contribution in [1.82, 2.24) is 4.98 Å². The van der Waals surface area contributed by atoms with Gasteiger partial charge in [-0.2, -0.15) is 0 Å². The SMILES string of the molecule is CC#CC(CC(=O)O)c1ccc(OC)nc1. The number of aromatic nitrogens is 1. The molecule has 0 saturated carbocycles. The zero-order valence-electron chi connectivity index (χ0n) is 9.23. The van der Waals surface area contributed by atoms with Crippen molar-refractivity contribution in [2.24, 2.45) is 0 Å². The van der Waals surface area contributed by atoms with Gasteiger partial charge in [0, 0.05) is 12.3 Å². The molecule has 0 spiro atoms. The predicted molar refractivity (Wildman–Crippen MR) is 59.2 cm³/mol.